The van der Waals surface area contributed by atoms with Gasteiger partial charge in [0, 0.05) is 22.1 Å². The lowest BCUT2D eigenvalue weighted by atomic mass is 10.2. The Bertz CT molecular complexity index is 516. The summed E-state index contributed by atoms with van der Waals surface area (Å²) in [5.41, 5.74) is 6.84. The molecule has 1 aromatic heterocycles. The Morgan fingerprint density at radius 2 is 2.12 bits per heavy atom. The number of benzene rings is 1. The van der Waals surface area contributed by atoms with E-state index in [1.54, 1.807) is 18.0 Å². The van der Waals surface area contributed by atoms with E-state index in [4.69, 9.17) is 17.3 Å². The topological polar surface area (TPSA) is 38.9 Å². The van der Waals surface area contributed by atoms with Crippen molar-refractivity contribution in [2.24, 2.45) is 5.73 Å². The van der Waals surface area contributed by atoms with E-state index in [0.717, 1.165) is 20.0 Å². The second kappa shape index (κ2) is 5.87. The van der Waals surface area contributed by atoms with Crippen LogP contribution >= 0.6 is 39.3 Å². The van der Waals surface area contributed by atoms with Gasteiger partial charge < -0.3 is 5.73 Å². The third-order valence-corrected chi connectivity index (χ3v) is 4.21. The van der Waals surface area contributed by atoms with Crippen LogP contribution in [0.1, 0.15) is 5.56 Å². The molecule has 2 rings (SSSR count). The lowest BCUT2D eigenvalue weighted by Gasteiger charge is -2.08. The van der Waals surface area contributed by atoms with Crippen LogP contribution in [0.25, 0.3) is 0 Å². The lowest BCUT2D eigenvalue weighted by Crippen LogP contribution is -1.99. The first-order chi connectivity index (χ1) is 8.20. The zero-order valence-electron chi connectivity index (χ0n) is 8.86. The van der Waals surface area contributed by atoms with Crippen molar-refractivity contribution in [3.05, 3.63) is 51.6 Å². The maximum atomic E-state index is 5.80. The summed E-state index contributed by atoms with van der Waals surface area (Å²) in [6.07, 6.45) is 1.64. The van der Waals surface area contributed by atoms with Crippen LogP contribution in [-0.2, 0) is 6.54 Å². The number of halogens is 2. The van der Waals surface area contributed by atoms with Crippen molar-refractivity contribution in [1.82, 2.24) is 4.98 Å². The van der Waals surface area contributed by atoms with E-state index in [1.165, 1.54) is 0 Å². The second-order valence-corrected chi connectivity index (χ2v) is 5.69. The standard InChI is InChI=1S/C12H10BrClN2S/c13-10-2-1-3-11(9(10)6-15)17-12-5-4-8(14)7-16-12/h1-5,7H,6,15H2. The third-order valence-electron chi connectivity index (χ3n) is 2.19. The predicted molar refractivity (Wildman–Crippen MR) is 75.4 cm³/mol. The fourth-order valence-corrected chi connectivity index (χ4v) is 3.07. The molecule has 0 unspecified atom stereocenters. The van der Waals surface area contributed by atoms with Gasteiger partial charge in [-0.1, -0.05) is 45.4 Å². The maximum Gasteiger partial charge on any atom is 0.101 e. The van der Waals surface area contributed by atoms with Crippen LogP contribution in [0, 0.1) is 0 Å². The third kappa shape index (κ3) is 3.22. The molecule has 0 spiro atoms. The molecule has 0 radical (unpaired) electrons. The number of pyridine rings is 1. The van der Waals surface area contributed by atoms with E-state index in [2.05, 4.69) is 20.9 Å². The summed E-state index contributed by atoms with van der Waals surface area (Å²) < 4.78 is 1.03. The van der Waals surface area contributed by atoms with Crippen LogP contribution < -0.4 is 5.73 Å². The Hall–Kier alpha value is -0.550. The van der Waals surface area contributed by atoms with Gasteiger partial charge in [0.05, 0.1) is 5.02 Å². The van der Waals surface area contributed by atoms with Crippen molar-refractivity contribution in [2.75, 3.05) is 0 Å². The molecule has 1 heterocycles. The smallest absolute Gasteiger partial charge is 0.101 e. The quantitative estimate of drug-likeness (QED) is 0.921. The van der Waals surface area contributed by atoms with Gasteiger partial charge in [-0.15, -0.1) is 0 Å². The van der Waals surface area contributed by atoms with Crippen LogP contribution in [0.15, 0.2) is 50.9 Å². The van der Waals surface area contributed by atoms with Gasteiger partial charge in [0.1, 0.15) is 5.03 Å². The Morgan fingerprint density at radius 3 is 2.76 bits per heavy atom. The number of hydrogen-bond acceptors (Lipinski definition) is 3. The van der Waals surface area contributed by atoms with E-state index in [1.807, 2.05) is 30.3 Å². The SMILES string of the molecule is NCc1c(Br)cccc1Sc1ccc(Cl)cn1. The molecule has 88 valence electrons. The van der Waals surface area contributed by atoms with Gasteiger partial charge in [-0.05, 0) is 29.8 Å². The molecule has 0 aliphatic rings. The average molecular weight is 330 g/mol. The summed E-state index contributed by atoms with van der Waals surface area (Å²) in [5.74, 6) is 0. The molecule has 0 saturated heterocycles. The summed E-state index contributed by atoms with van der Waals surface area (Å²) in [6.45, 7) is 0.497. The van der Waals surface area contributed by atoms with E-state index in [0.29, 0.717) is 11.6 Å². The molecule has 0 aliphatic heterocycles. The lowest BCUT2D eigenvalue weighted by molar-refractivity contribution is 1.01. The molecule has 2 nitrogen and oxygen atoms in total. The van der Waals surface area contributed by atoms with Crippen LogP contribution in [0.2, 0.25) is 5.02 Å². The highest BCUT2D eigenvalue weighted by Gasteiger charge is 2.07. The Labute approximate surface area is 118 Å². The first kappa shape index (κ1) is 12.9. The normalized spacial score (nSPS) is 10.5. The zero-order valence-corrected chi connectivity index (χ0v) is 12.0. The molecule has 1 aromatic carbocycles. The number of nitrogens with zero attached hydrogens (tertiary/aromatic N) is 1. The number of nitrogens with two attached hydrogens (primary N) is 1. The average Bonchev–Trinajstić information content (AvgIpc) is 2.32. The molecule has 5 heteroatoms. The van der Waals surface area contributed by atoms with E-state index >= 15 is 0 Å². The summed E-state index contributed by atoms with van der Waals surface area (Å²) >= 11 is 10.9. The zero-order chi connectivity index (χ0) is 12.3. The summed E-state index contributed by atoms with van der Waals surface area (Å²) in [6, 6.07) is 9.74. The summed E-state index contributed by atoms with van der Waals surface area (Å²) in [5, 5.41) is 1.55. The number of rotatable bonds is 3. The van der Waals surface area contributed by atoms with Crippen molar-refractivity contribution >= 4 is 39.3 Å². The minimum atomic E-state index is 0.497. The van der Waals surface area contributed by atoms with Gasteiger partial charge >= 0.3 is 0 Å². The molecule has 0 amide bonds. The van der Waals surface area contributed by atoms with E-state index < -0.39 is 0 Å². The number of hydrogen-bond donors (Lipinski definition) is 1. The van der Waals surface area contributed by atoms with Gasteiger partial charge in [-0.25, -0.2) is 4.98 Å². The van der Waals surface area contributed by atoms with Gasteiger partial charge in [-0.2, -0.15) is 0 Å². The van der Waals surface area contributed by atoms with Crippen LogP contribution in [-0.4, -0.2) is 4.98 Å². The highest BCUT2D eigenvalue weighted by atomic mass is 79.9. The Morgan fingerprint density at radius 1 is 1.29 bits per heavy atom. The van der Waals surface area contributed by atoms with Gasteiger partial charge in [0.25, 0.3) is 0 Å². The van der Waals surface area contributed by atoms with Crippen molar-refractivity contribution in [3.63, 3.8) is 0 Å². The second-order valence-electron chi connectivity index (χ2n) is 3.34. The van der Waals surface area contributed by atoms with Crippen molar-refractivity contribution in [1.29, 1.82) is 0 Å². The molecule has 0 saturated carbocycles. The van der Waals surface area contributed by atoms with Crippen LogP contribution in [0.4, 0.5) is 0 Å². The summed E-state index contributed by atoms with van der Waals surface area (Å²) in [7, 11) is 0. The first-order valence-corrected chi connectivity index (χ1v) is 6.96. The first-order valence-electron chi connectivity index (χ1n) is 4.97. The highest BCUT2D eigenvalue weighted by molar-refractivity contribution is 9.10. The molecule has 17 heavy (non-hydrogen) atoms. The van der Waals surface area contributed by atoms with Crippen LogP contribution in [0.3, 0.4) is 0 Å². The highest BCUT2D eigenvalue weighted by Crippen LogP contribution is 2.32. The molecule has 0 aliphatic carbocycles. The number of aromatic nitrogens is 1. The molecule has 0 atom stereocenters. The van der Waals surface area contributed by atoms with Crippen LogP contribution in [0.5, 0.6) is 0 Å². The van der Waals surface area contributed by atoms with E-state index in [-0.39, 0.29) is 0 Å². The fraction of sp³-hybridized carbons (Fsp3) is 0.0833. The molecular formula is C12H10BrClN2S. The van der Waals surface area contributed by atoms with Crippen molar-refractivity contribution in [3.8, 4) is 0 Å². The maximum absolute atomic E-state index is 5.80. The molecule has 2 N–H and O–H groups in total. The van der Waals surface area contributed by atoms with Crippen molar-refractivity contribution < 1.29 is 0 Å². The molecule has 2 aromatic rings. The Kier molecular flexibility index (Phi) is 4.45. The molecule has 0 bridgehead atoms. The molecule has 0 fully saturated rings. The van der Waals surface area contributed by atoms with Gasteiger partial charge in [-0.3, -0.25) is 0 Å². The minimum absolute atomic E-state index is 0.497. The molecular weight excluding hydrogens is 320 g/mol. The predicted octanol–water partition coefficient (Wildman–Crippen LogP) is 4.11. The van der Waals surface area contributed by atoms with Gasteiger partial charge in [0.15, 0.2) is 0 Å². The minimum Gasteiger partial charge on any atom is -0.326 e. The summed E-state index contributed by atoms with van der Waals surface area (Å²) in [4.78, 5) is 5.36. The Balaban J connectivity index is 2.29. The monoisotopic (exact) mass is 328 g/mol. The largest absolute Gasteiger partial charge is 0.326 e. The van der Waals surface area contributed by atoms with Crippen molar-refractivity contribution in [2.45, 2.75) is 16.5 Å². The van der Waals surface area contributed by atoms with E-state index in [9.17, 15) is 0 Å². The van der Waals surface area contributed by atoms with Gasteiger partial charge in [0.2, 0.25) is 0 Å². The fourth-order valence-electron chi connectivity index (χ4n) is 1.37.